The van der Waals surface area contributed by atoms with Gasteiger partial charge in [0.15, 0.2) is 0 Å². The first-order valence-corrected chi connectivity index (χ1v) is 3.48. The lowest BCUT2D eigenvalue weighted by atomic mass is 10.3. The molecule has 0 aliphatic rings. The lowest BCUT2D eigenvalue weighted by molar-refractivity contribution is 1.16. The second-order valence-corrected chi connectivity index (χ2v) is 2.15. The van der Waals surface area contributed by atoms with Gasteiger partial charge in [-0.3, -0.25) is 15.0 Å². The normalized spacial score (nSPS) is 9.67. The van der Waals surface area contributed by atoms with Gasteiger partial charge in [-0.25, -0.2) is 0 Å². The zero-order chi connectivity index (χ0) is 8.23. The van der Waals surface area contributed by atoms with E-state index in [9.17, 15) is 0 Å². The molecular formula is C9H5N3. The average Bonchev–Trinajstić information content (AvgIpc) is 2.21. The molecule has 0 aliphatic heterocycles. The third kappa shape index (κ3) is 1.29. The zero-order valence-electron chi connectivity index (χ0n) is 6.23. The molecule has 0 N–H and O–H groups in total. The molecule has 2 aromatic heterocycles. The molecule has 2 heterocycles. The maximum atomic E-state index is 4.06. The van der Waals surface area contributed by atoms with Crippen molar-refractivity contribution in [2.45, 2.75) is 0 Å². The lowest BCUT2D eigenvalue weighted by Crippen LogP contribution is -1.86. The first-order chi connectivity index (χ1) is 5.97. The summed E-state index contributed by atoms with van der Waals surface area (Å²) in [7, 11) is 0. The van der Waals surface area contributed by atoms with Crippen molar-refractivity contribution in [1.82, 2.24) is 15.0 Å². The summed E-state index contributed by atoms with van der Waals surface area (Å²) in [6.07, 6.45) is 7.60. The standard InChI is InChI=1S/C9H5N3/c1-2-4-11-8(3-1)9-7-10-5-6-12-9/h1-2,4-6H. The van der Waals surface area contributed by atoms with Gasteiger partial charge in [-0.15, -0.1) is 0 Å². The zero-order valence-corrected chi connectivity index (χ0v) is 6.23. The molecule has 0 unspecified atom stereocenters. The monoisotopic (exact) mass is 155 g/mol. The van der Waals surface area contributed by atoms with Crippen molar-refractivity contribution in [2.24, 2.45) is 0 Å². The van der Waals surface area contributed by atoms with Gasteiger partial charge in [0, 0.05) is 24.7 Å². The first kappa shape index (κ1) is 6.91. The van der Waals surface area contributed by atoms with Crippen LogP contribution in [0.5, 0.6) is 0 Å². The molecule has 12 heavy (non-hydrogen) atoms. The highest BCUT2D eigenvalue weighted by molar-refractivity contribution is 5.49. The summed E-state index contributed by atoms with van der Waals surface area (Å²) in [6, 6.07) is 6.53. The SMILES string of the molecule is [c]1cccnc1-c1[c]nccn1. The number of rotatable bonds is 1. The molecular weight excluding hydrogens is 150 g/mol. The second kappa shape index (κ2) is 3.09. The van der Waals surface area contributed by atoms with E-state index in [1.807, 2.05) is 0 Å². The van der Waals surface area contributed by atoms with Gasteiger partial charge in [0.25, 0.3) is 0 Å². The van der Waals surface area contributed by atoms with Gasteiger partial charge in [-0.05, 0) is 6.07 Å². The molecule has 56 valence electrons. The van der Waals surface area contributed by atoms with Gasteiger partial charge < -0.3 is 0 Å². The quantitative estimate of drug-likeness (QED) is 0.619. The van der Waals surface area contributed by atoms with E-state index < -0.39 is 0 Å². The van der Waals surface area contributed by atoms with E-state index in [2.05, 4.69) is 27.2 Å². The topological polar surface area (TPSA) is 38.7 Å². The largest absolute Gasteiger partial charge is 0.254 e. The molecule has 0 fully saturated rings. The van der Waals surface area contributed by atoms with Crippen LogP contribution in [0.4, 0.5) is 0 Å². The summed E-state index contributed by atoms with van der Waals surface area (Å²) < 4.78 is 0. The molecule has 0 bridgehead atoms. The van der Waals surface area contributed by atoms with Crippen molar-refractivity contribution in [2.75, 3.05) is 0 Å². The van der Waals surface area contributed by atoms with Crippen LogP contribution in [-0.4, -0.2) is 15.0 Å². The Bertz CT molecular complexity index is 307. The summed E-state index contributed by atoms with van der Waals surface area (Å²) in [5, 5.41) is 0. The number of pyridine rings is 1. The lowest BCUT2D eigenvalue weighted by Gasteiger charge is -1.94. The first-order valence-electron chi connectivity index (χ1n) is 3.48. The molecule has 0 atom stereocenters. The van der Waals surface area contributed by atoms with Gasteiger partial charge in [0.05, 0.1) is 5.69 Å². The number of aromatic nitrogens is 3. The van der Waals surface area contributed by atoms with E-state index in [4.69, 9.17) is 0 Å². The molecule has 0 saturated carbocycles. The van der Waals surface area contributed by atoms with Gasteiger partial charge in [-0.2, -0.15) is 0 Å². The fourth-order valence-corrected chi connectivity index (χ4v) is 0.837. The van der Waals surface area contributed by atoms with Crippen molar-refractivity contribution in [1.29, 1.82) is 0 Å². The van der Waals surface area contributed by atoms with Crippen LogP contribution in [-0.2, 0) is 0 Å². The van der Waals surface area contributed by atoms with E-state index in [1.165, 1.54) is 0 Å². The Morgan fingerprint density at radius 1 is 1.00 bits per heavy atom. The molecule has 3 heteroatoms. The summed E-state index contributed by atoms with van der Waals surface area (Å²) in [6.45, 7) is 0. The molecule has 0 amide bonds. The predicted octanol–water partition coefficient (Wildman–Crippen LogP) is 1.14. The van der Waals surface area contributed by atoms with Crippen LogP contribution in [0.2, 0.25) is 0 Å². The van der Waals surface area contributed by atoms with Crippen molar-refractivity contribution in [3.63, 3.8) is 0 Å². The molecule has 2 radical (unpaired) electrons. The summed E-state index contributed by atoms with van der Waals surface area (Å²) in [4.78, 5) is 11.9. The maximum Gasteiger partial charge on any atom is 0.119 e. The summed E-state index contributed by atoms with van der Waals surface area (Å²) in [5.41, 5.74) is 1.30. The van der Waals surface area contributed by atoms with E-state index >= 15 is 0 Å². The highest BCUT2D eigenvalue weighted by Crippen LogP contribution is 2.08. The molecule has 0 saturated heterocycles. The summed E-state index contributed by atoms with van der Waals surface area (Å²) in [5.74, 6) is 0. The Labute approximate surface area is 70.1 Å². The molecule has 0 spiro atoms. The van der Waals surface area contributed by atoms with Gasteiger partial charge in [0.2, 0.25) is 0 Å². The van der Waals surface area contributed by atoms with E-state index in [0.717, 1.165) is 0 Å². The Morgan fingerprint density at radius 2 is 1.92 bits per heavy atom. The van der Waals surface area contributed by atoms with Crippen LogP contribution in [0.3, 0.4) is 0 Å². The van der Waals surface area contributed by atoms with Crippen LogP contribution in [0.25, 0.3) is 11.4 Å². The Morgan fingerprint density at radius 3 is 2.58 bits per heavy atom. The highest BCUT2D eigenvalue weighted by atomic mass is 14.8. The highest BCUT2D eigenvalue weighted by Gasteiger charge is 1.97. The minimum Gasteiger partial charge on any atom is -0.254 e. The molecule has 0 aliphatic carbocycles. The molecule has 0 aromatic carbocycles. The maximum absolute atomic E-state index is 4.06. The smallest absolute Gasteiger partial charge is 0.119 e. The van der Waals surface area contributed by atoms with Crippen LogP contribution >= 0.6 is 0 Å². The summed E-state index contributed by atoms with van der Waals surface area (Å²) >= 11 is 0. The molecule has 3 nitrogen and oxygen atoms in total. The van der Waals surface area contributed by atoms with Gasteiger partial charge >= 0.3 is 0 Å². The third-order valence-electron chi connectivity index (χ3n) is 1.35. The molecule has 2 aromatic rings. The van der Waals surface area contributed by atoms with Crippen molar-refractivity contribution in [3.8, 4) is 11.4 Å². The van der Waals surface area contributed by atoms with Crippen molar-refractivity contribution < 1.29 is 0 Å². The Kier molecular flexibility index (Phi) is 1.78. The van der Waals surface area contributed by atoms with E-state index in [-0.39, 0.29) is 0 Å². The second-order valence-electron chi connectivity index (χ2n) is 2.15. The minimum absolute atomic E-state index is 0.623. The minimum atomic E-state index is 0.623. The van der Waals surface area contributed by atoms with Crippen LogP contribution in [0.15, 0.2) is 30.7 Å². The fourth-order valence-electron chi connectivity index (χ4n) is 0.837. The number of hydrogen-bond acceptors (Lipinski definition) is 3. The van der Waals surface area contributed by atoms with Crippen molar-refractivity contribution in [3.05, 3.63) is 43.0 Å². The van der Waals surface area contributed by atoms with Gasteiger partial charge in [0.1, 0.15) is 11.9 Å². The molecule has 2 rings (SSSR count). The van der Waals surface area contributed by atoms with Crippen LogP contribution in [0, 0.1) is 12.3 Å². The number of nitrogens with zero attached hydrogens (tertiary/aromatic N) is 3. The van der Waals surface area contributed by atoms with Gasteiger partial charge in [-0.1, -0.05) is 6.07 Å². The predicted molar refractivity (Wildman–Crippen MR) is 42.9 cm³/mol. The Hall–Kier alpha value is -1.77. The van der Waals surface area contributed by atoms with E-state index in [0.29, 0.717) is 11.4 Å². The number of hydrogen-bond donors (Lipinski definition) is 0. The van der Waals surface area contributed by atoms with Crippen LogP contribution in [0.1, 0.15) is 0 Å². The van der Waals surface area contributed by atoms with E-state index in [1.54, 1.807) is 30.7 Å². The third-order valence-corrected chi connectivity index (χ3v) is 1.35. The van der Waals surface area contributed by atoms with Crippen LogP contribution < -0.4 is 0 Å². The average molecular weight is 155 g/mol. The Balaban J connectivity index is 2.46. The fraction of sp³-hybridized carbons (Fsp3) is 0. The van der Waals surface area contributed by atoms with Crippen molar-refractivity contribution >= 4 is 0 Å².